The number of likely N-dealkylation sites (tertiary alicyclic amines) is 1. The summed E-state index contributed by atoms with van der Waals surface area (Å²) in [6.45, 7) is 11.6. The van der Waals surface area contributed by atoms with E-state index in [2.05, 4.69) is 48.1 Å². The molecule has 2 atom stereocenters. The molecule has 0 aliphatic carbocycles. The van der Waals surface area contributed by atoms with Crippen LogP contribution in [-0.2, 0) is 6.54 Å². The number of nitrogens with zero attached hydrogens (tertiary/aromatic N) is 3. The highest BCUT2D eigenvalue weighted by Crippen LogP contribution is 2.21. The summed E-state index contributed by atoms with van der Waals surface area (Å²) in [4.78, 5) is 6.75. The van der Waals surface area contributed by atoms with Crippen molar-refractivity contribution in [3.05, 3.63) is 17.5 Å². The second kappa shape index (κ2) is 6.96. The molecular formula is C16H28N4O. The third-order valence-corrected chi connectivity index (χ3v) is 3.97. The molecule has 21 heavy (non-hydrogen) atoms. The summed E-state index contributed by atoms with van der Waals surface area (Å²) in [6, 6.07) is 2.02. The lowest BCUT2D eigenvalue weighted by Gasteiger charge is -2.36. The van der Waals surface area contributed by atoms with Gasteiger partial charge in [0.1, 0.15) is 0 Å². The minimum atomic E-state index is 0.394. The fourth-order valence-corrected chi connectivity index (χ4v) is 3.02. The Morgan fingerprint density at radius 3 is 2.62 bits per heavy atom. The van der Waals surface area contributed by atoms with E-state index in [0.717, 1.165) is 30.5 Å². The largest absolute Gasteiger partial charge is 0.359 e. The zero-order chi connectivity index (χ0) is 15.4. The number of hydrogen-bond donors (Lipinski definition) is 1. The summed E-state index contributed by atoms with van der Waals surface area (Å²) in [5.41, 5.74) is 1.00. The van der Waals surface area contributed by atoms with Crippen LogP contribution in [0.5, 0.6) is 0 Å². The van der Waals surface area contributed by atoms with Gasteiger partial charge in [-0.3, -0.25) is 4.99 Å². The van der Waals surface area contributed by atoms with Crippen LogP contribution in [0.15, 0.2) is 15.6 Å². The molecule has 1 aliphatic rings. The van der Waals surface area contributed by atoms with E-state index >= 15 is 0 Å². The number of aromatic nitrogens is 1. The van der Waals surface area contributed by atoms with E-state index < -0.39 is 0 Å². The molecule has 1 N–H and O–H groups in total. The first-order valence-electron chi connectivity index (χ1n) is 7.90. The van der Waals surface area contributed by atoms with E-state index in [-0.39, 0.29) is 0 Å². The van der Waals surface area contributed by atoms with Gasteiger partial charge in [0.15, 0.2) is 11.7 Å². The van der Waals surface area contributed by atoms with Gasteiger partial charge in [-0.15, -0.1) is 0 Å². The van der Waals surface area contributed by atoms with Gasteiger partial charge < -0.3 is 14.7 Å². The Labute approximate surface area is 127 Å². The lowest BCUT2D eigenvalue weighted by molar-refractivity contribution is 0.208. The average Bonchev–Trinajstić information content (AvgIpc) is 2.87. The van der Waals surface area contributed by atoms with Gasteiger partial charge in [0.05, 0.1) is 12.2 Å². The molecule has 0 spiro atoms. The molecule has 2 rings (SSSR count). The summed E-state index contributed by atoms with van der Waals surface area (Å²) in [6.07, 6.45) is 1.30. The van der Waals surface area contributed by atoms with Crippen LogP contribution in [0.25, 0.3) is 0 Å². The van der Waals surface area contributed by atoms with Crippen LogP contribution in [0.4, 0.5) is 0 Å². The van der Waals surface area contributed by atoms with E-state index in [1.165, 1.54) is 6.42 Å². The predicted molar refractivity (Wildman–Crippen MR) is 85.3 cm³/mol. The van der Waals surface area contributed by atoms with Crippen molar-refractivity contribution in [2.75, 3.05) is 20.1 Å². The molecule has 5 nitrogen and oxygen atoms in total. The lowest BCUT2D eigenvalue weighted by atomic mass is 9.92. The molecule has 1 saturated heterocycles. The Morgan fingerprint density at radius 1 is 1.43 bits per heavy atom. The van der Waals surface area contributed by atoms with Gasteiger partial charge in [-0.05, 0) is 24.2 Å². The van der Waals surface area contributed by atoms with Crippen molar-refractivity contribution in [2.45, 2.75) is 46.6 Å². The number of nitrogens with one attached hydrogen (secondary N) is 1. The summed E-state index contributed by atoms with van der Waals surface area (Å²) in [7, 11) is 1.84. The normalized spacial score (nSPS) is 23.7. The fourth-order valence-electron chi connectivity index (χ4n) is 3.02. The van der Waals surface area contributed by atoms with Crippen molar-refractivity contribution in [1.82, 2.24) is 15.4 Å². The van der Waals surface area contributed by atoms with Crippen molar-refractivity contribution in [3.8, 4) is 0 Å². The Balaban J connectivity index is 1.93. The highest BCUT2D eigenvalue weighted by atomic mass is 16.5. The van der Waals surface area contributed by atoms with Gasteiger partial charge in [0.25, 0.3) is 0 Å². The van der Waals surface area contributed by atoms with Crippen molar-refractivity contribution in [2.24, 2.45) is 16.8 Å². The highest BCUT2D eigenvalue weighted by Gasteiger charge is 2.24. The summed E-state index contributed by atoms with van der Waals surface area (Å²) < 4.78 is 5.36. The summed E-state index contributed by atoms with van der Waals surface area (Å²) >= 11 is 0. The minimum absolute atomic E-state index is 0.394. The monoisotopic (exact) mass is 292 g/mol. The molecule has 2 heterocycles. The first-order valence-corrected chi connectivity index (χ1v) is 7.90. The van der Waals surface area contributed by atoms with Gasteiger partial charge in [0, 0.05) is 26.2 Å². The third kappa shape index (κ3) is 4.22. The zero-order valence-electron chi connectivity index (χ0n) is 13.9. The Kier molecular flexibility index (Phi) is 5.26. The number of guanidine groups is 1. The van der Waals surface area contributed by atoms with E-state index in [1.807, 2.05) is 13.1 Å². The maximum Gasteiger partial charge on any atom is 0.194 e. The fraction of sp³-hybridized carbons (Fsp3) is 0.750. The Hall–Kier alpha value is -1.52. The van der Waals surface area contributed by atoms with Crippen LogP contribution in [0.2, 0.25) is 0 Å². The Bertz CT molecular complexity index is 470. The van der Waals surface area contributed by atoms with E-state index in [1.54, 1.807) is 0 Å². The average molecular weight is 292 g/mol. The molecule has 5 heteroatoms. The quantitative estimate of drug-likeness (QED) is 0.687. The Morgan fingerprint density at radius 2 is 2.10 bits per heavy atom. The maximum atomic E-state index is 5.36. The van der Waals surface area contributed by atoms with Crippen molar-refractivity contribution in [1.29, 1.82) is 0 Å². The summed E-state index contributed by atoms with van der Waals surface area (Å²) in [5.74, 6) is 3.63. The van der Waals surface area contributed by atoms with Gasteiger partial charge >= 0.3 is 0 Å². The number of rotatable bonds is 3. The SMILES string of the molecule is CN=C(NCc1cc(C(C)C)no1)N1CC(C)CC(C)C1. The molecule has 1 aromatic heterocycles. The first-order chi connectivity index (χ1) is 9.99. The molecule has 1 fully saturated rings. The van der Waals surface area contributed by atoms with Gasteiger partial charge in [0.2, 0.25) is 0 Å². The molecule has 1 aliphatic heterocycles. The second-order valence-corrected chi connectivity index (χ2v) is 6.62. The minimum Gasteiger partial charge on any atom is -0.359 e. The van der Waals surface area contributed by atoms with E-state index in [9.17, 15) is 0 Å². The molecule has 0 saturated carbocycles. The standard InChI is InChI=1S/C16H28N4O/c1-11(2)15-7-14(21-19-15)8-18-16(17-5)20-9-12(3)6-13(4)10-20/h7,11-13H,6,8-10H2,1-5H3,(H,17,18). The van der Waals surface area contributed by atoms with Crippen LogP contribution < -0.4 is 5.32 Å². The van der Waals surface area contributed by atoms with Gasteiger partial charge in [-0.25, -0.2) is 0 Å². The summed E-state index contributed by atoms with van der Waals surface area (Å²) in [5, 5.41) is 7.48. The smallest absolute Gasteiger partial charge is 0.194 e. The van der Waals surface area contributed by atoms with Crippen LogP contribution >= 0.6 is 0 Å². The molecule has 2 unspecified atom stereocenters. The lowest BCUT2D eigenvalue weighted by Crippen LogP contribution is -2.48. The number of hydrogen-bond acceptors (Lipinski definition) is 3. The molecule has 118 valence electrons. The molecule has 0 aromatic carbocycles. The molecule has 1 aromatic rings. The molecule has 0 bridgehead atoms. The predicted octanol–water partition coefficient (Wildman–Crippen LogP) is 2.85. The van der Waals surface area contributed by atoms with Gasteiger partial charge in [-0.2, -0.15) is 0 Å². The highest BCUT2D eigenvalue weighted by molar-refractivity contribution is 5.79. The van der Waals surface area contributed by atoms with Crippen molar-refractivity contribution >= 4 is 5.96 Å². The topological polar surface area (TPSA) is 53.7 Å². The molecule has 0 radical (unpaired) electrons. The number of aliphatic imine (C=N–C) groups is 1. The van der Waals surface area contributed by atoms with Crippen molar-refractivity contribution < 1.29 is 4.52 Å². The third-order valence-electron chi connectivity index (χ3n) is 3.97. The van der Waals surface area contributed by atoms with E-state index in [4.69, 9.17) is 4.52 Å². The van der Waals surface area contributed by atoms with Crippen LogP contribution in [0, 0.1) is 11.8 Å². The van der Waals surface area contributed by atoms with Crippen molar-refractivity contribution in [3.63, 3.8) is 0 Å². The second-order valence-electron chi connectivity index (χ2n) is 6.62. The van der Waals surface area contributed by atoms with Gasteiger partial charge in [-0.1, -0.05) is 32.9 Å². The molecule has 0 amide bonds. The zero-order valence-corrected chi connectivity index (χ0v) is 13.9. The van der Waals surface area contributed by atoms with Crippen LogP contribution in [0.1, 0.15) is 51.5 Å². The van der Waals surface area contributed by atoms with E-state index in [0.29, 0.717) is 24.3 Å². The van der Waals surface area contributed by atoms with Crippen LogP contribution in [-0.4, -0.2) is 36.2 Å². The molecular weight excluding hydrogens is 264 g/mol. The number of piperidine rings is 1. The first kappa shape index (κ1) is 15.9. The van der Waals surface area contributed by atoms with Crippen LogP contribution in [0.3, 0.4) is 0 Å². The maximum absolute atomic E-state index is 5.36.